The van der Waals surface area contributed by atoms with Crippen molar-refractivity contribution in [1.82, 2.24) is 19.6 Å². The lowest BCUT2D eigenvalue weighted by Gasteiger charge is -2.44. The summed E-state index contributed by atoms with van der Waals surface area (Å²) in [6, 6.07) is -1.66. The Kier molecular flexibility index (Phi) is 7.14. The second kappa shape index (κ2) is 9.28. The van der Waals surface area contributed by atoms with Crippen LogP contribution in [0.2, 0.25) is 0 Å². The van der Waals surface area contributed by atoms with E-state index in [1.54, 1.807) is 18.2 Å². The number of piperazine rings is 1. The molecule has 168 valence electrons. The lowest BCUT2D eigenvalue weighted by Crippen LogP contribution is -2.57. The number of hydrogen-bond donors (Lipinski definition) is 0. The molecule has 2 fully saturated rings. The van der Waals surface area contributed by atoms with Gasteiger partial charge in [-0.2, -0.15) is 13.2 Å². The zero-order valence-corrected chi connectivity index (χ0v) is 18.0. The Labute approximate surface area is 179 Å². The van der Waals surface area contributed by atoms with Crippen LogP contribution in [0.5, 0.6) is 0 Å². The Morgan fingerprint density at radius 3 is 2.13 bits per heavy atom. The average molecular weight is 449 g/mol. The zero-order valence-electron chi connectivity index (χ0n) is 17.2. The first kappa shape index (κ1) is 23.1. The molecule has 0 spiro atoms. The maximum atomic E-state index is 13.5. The summed E-state index contributed by atoms with van der Waals surface area (Å²) in [6.45, 7) is 4.27. The van der Waals surface area contributed by atoms with Crippen molar-refractivity contribution in [3.8, 4) is 0 Å². The van der Waals surface area contributed by atoms with Gasteiger partial charge in [-0.1, -0.05) is 6.08 Å². The predicted molar refractivity (Wildman–Crippen MR) is 108 cm³/mol. The van der Waals surface area contributed by atoms with Crippen LogP contribution in [-0.2, 0) is 9.59 Å². The molecule has 0 radical (unpaired) electrons. The van der Waals surface area contributed by atoms with Gasteiger partial charge in [0.2, 0.25) is 5.24 Å². The standard InChI is InChI=1S/C20H28ClF3N4O2/c1-25-7-5-14(6-8-25)28(19(30)20(22,23)24)17-13-15(3-4-16(17)18(21)29)27-11-9-26(2)10-12-27/h3-4,13-14,16-17H,5-12H2,1-2H3. The van der Waals surface area contributed by atoms with Crippen molar-refractivity contribution >= 4 is 22.8 Å². The lowest BCUT2D eigenvalue weighted by molar-refractivity contribution is -0.191. The molecule has 0 aromatic heterocycles. The van der Waals surface area contributed by atoms with E-state index in [2.05, 4.69) is 9.80 Å². The summed E-state index contributed by atoms with van der Waals surface area (Å²) < 4.78 is 40.6. The van der Waals surface area contributed by atoms with Gasteiger partial charge in [0.05, 0.1) is 12.0 Å². The molecule has 0 aromatic carbocycles. The van der Waals surface area contributed by atoms with Gasteiger partial charge >= 0.3 is 12.1 Å². The maximum Gasteiger partial charge on any atom is 0.471 e. The van der Waals surface area contributed by atoms with Crippen molar-refractivity contribution in [2.75, 3.05) is 53.4 Å². The highest BCUT2D eigenvalue weighted by Gasteiger charge is 2.49. The molecule has 1 amide bonds. The third kappa shape index (κ3) is 5.18. The summed E-state index contributed by atoms with van der Waals surface area (Å²) in [7, 11) is 3.91. The molecule has 6 nitrogen and oxygen atoms in total. The van der Waals surface area contributed by atoms with E-state index in [-0.39, 0.29) is 0 Å². The molecule has 0 N–H and O–H groups in total. The Hall–Kier alpha value is -1.58. The number of halogens is 4. The van der Waals surface area contributed by atoms with Gasteiger partial charge in [0.1, 0.15) is 0 Å². The molecule has 2 unspecified atom stereocenters. The second-order valence-corrected chi connectivity index (χ2v) is 8.68. The molecule has 0 aromatic rings. The van der Waals surface area contributed by atoms with Crippen LogP contribution < -0.4 is 0 Å². The van der Waals surface area contributed by atoms with Gasteiger partial charge in [0.15, 0.2) is 0 Å². The number of carbonyl (C=O) groups excluding carboxylic acids is 2. The number of piperidine rings is 1. The van der Waals surface area contributed by atoms with Crippen LogP contribution in [0.3, 0.4) is 0 Å². The normalized spacial score (nSPS) is 27.1. The highest BCUT2D eigenvalue weighted by atomic mass is 35.5. The Morgan fingerprint density at radius 1 is 1.03 bits per heavy atom. The monoisotopic (exact) mass is 448 g/mol. The first-order valence-corrected chi connectivity index (χ1v) is 10.6. The third-order valence-corrected chi connectivity index (χ3v) is 6.45. The number of rotatable bonds is 4. The van der Waals surface area contributed by atoms with E-state index < -0.39 is 35.3 Å². The molecule has 2 saturated heterocycles. The molecule has 2 atom stereocenters. The van der Waals surface area contributed by atoms with Crippen molar-refractivity contribution in [3.63, 3.8) is 0 Å². The predicted octanol–water partition coefficient (Wildman–Crippen LogP) is 1.92. The molecule has 1 aliphatic carbocycles. The van der Waals surface area contributed by atoms with Crippen LogP contribution in [-0.4, -0.2) is 102 Å². The summed E-state index contributed by atoms with van der Waals surface area (Å²) in [5.74, 6) is -2.91. The summed E-state index contributed by atoms with van der Waals surface area (Å²) in [5.41, 5.74) is 0.732. The minimum absolute atomic E-state index is 0.416. The quantitative estimate of drug-likeness (QED) is 0.615. The number of amides is 1. The van der Waals surface area contributed by atoms with Crippen molar-refractivity contribution in [1.29, 1.82) is 0 Å². The van der Waals surface area contributed by atoms with E-state index in [1.165, 1.54) is 0 Å². The van der Waals surface area contributed by atoms with Crippen LogP contribution in [0.1, 0.15) is 12.8 Å². The number of likely N-dealkylation sites (tertiary alicyclic amines) is 1. The minimum atomic E-state index is -5.02. The Morgan fingerprint density at radius 2 is 1.60 bits per heavy atom. The van der Waals surface area contributed by atoms with Gasteiger partial charge in [-0.3, -0.25) is 9.59 Å². The van der Waals surface area contributed by atoms with Crippen molar-refractivity contribution < 1.29 is 22.8 Å². The van der Waals surface area contributed by atoms with Crippen LogP contribution in [0.4, 0.5) is 13.2 Å². The van der Waals surface area contributed by atoms with Crippen LogP contribution >= 0.6 is 11.6 Å². The lowest BCUT2D eigenvalue weighted by atomic mass is 9.89. The van der Waals surface area contributed by atoms with Crippen molar-refractivity contribution in [2.45, 2.75) is 31.1 Å². The number of nitrogens with zero attached hydrogens (tertiary/aromatic N) is 4. The average Bonchev–Trinajstić information content (AvgIpc) is 2.69. The fraction of sp³-hybridized carbons (Fsp3) is 0.700. The highest BCUT2D eigenvalue weighted by Crippen LogP contribution is 2.33. The number of allylic oxidation sites excluding steroid dienone is 1. The number of carbonyl (C=O) groups is 2. The summed E-state index contributed by atoms with van der Waals surface area (Å²) in [4.78, 5) is 31.7. The molecular formula is C20H28ClF3N4O2. The number of alkyl halides is 3. The van der Waals surface area contributed by atoms with E-state index in [0.717, 1.165) is 36.8 Å². The first-order chi connectivity index (χ1) is 14.1. The zero-order chi connectivity index (χ0) is 22.1. The van der Waals surface area contributed by atoms with Gasteiger partial charge in [-0.15, -0.1) is 0 Å². The van der Waals surface area contributed by atoms with Crippen LogP contribution in [0.25, 0.3) is 0 Å². The Balaban J connectivity index is 1.95. The SMILES string of the molecule is CN1CCC(N(C(=O)C(F)(F)F)C2C=C(N3CCN(C)CC3)C=CC2C(=O)Cl)CC1. The Bertz CT molecular complexity index is 711. The van der Waals surface area contributed by atoms with E-state index in [0.29, 0.717) is 25.9 Å². The van der Waals surface area contributed by atoms with E-state index in [9.17, 15) is 22.8 Å². The fourth-order valence-electron chi connectivity index (χ4n) is 4.35. The molecule has 10 heteroatoms. The van der Waals surface area contributed by atoms with Crippen molar-refractivity contribution in [3.05, 3.63) is 23.9 Å². The molecular weight excluding hydrogens is 421 g/mol. The van der Waals surface area contributed by atoms with Gasteiger partial charge in [0.25, 0.3) is 0 Å². The molecule has 2 heterocycles. The largest absolute Gasteiger partial charge is 0.471 e. The van der Waals surface area contributed by atoms with Crippen molar-refractivity contribution in [2.24, 2.45) is 5.92 Å². The van der Waals surface area contributed by atoms with Gasteiger partial charge in [0, 0.05) is 37.9 Å². The number of likely N-dealkylation sites (N-methyl/N-ethyl adjacent to an activating group) is 1. The smallest absolute Gasteiger partial charge is 0.369 e. The summed E-state index contributed by atoms with van der Waals surface area (Å²) in [6.07, 6.45) is 0.709. The van der Waals surface area contributed by atoms with Crippen LogP contribution in [0, 0.1) is 5.92 Å². The minimum Gasteiger partial charge on any atom is -0.369 e. The maximum absolute atomic E-state index is 13.5. The van der Waals surface area contributed by atoms with E-state index in [1.807, 2.05) is 19.0 Å². The number of hydrogen-bond acceptors (Lipinski definition) is 5. The molecule has 2 aliphatic heterocycles. The molecule has 3 aliphatic rings. The van der Waals surface area contributed by atoms with Crippen LogP contribution in [0.15, 0.2) is 23.9 Å². The summed E-state index contributed by atoms with van der Waals surface area (Å²) in [5, 5.41) is -0.766. The molecule has 30 heavy (non-hydrogen) atoms. The third-order valence-electron chi connectivity index (χ3n) is 6.19. The molecule has 0 saturated carbocycles. The van der Waals surface area contributed by atoms with Gasteiger partial charge in [-0.05, 0) is 63.8 Å². The second-order valence-electron chi connectivity index (χ2n) is 8.31. The first-order valence-electron chi connectivity index (χ1n) is 10.2. The fourth-order valence-corrected chi connectivity index (χ4v) is 4.55. The van der Waals surface area contributed by atoms with E-state index in [4.69, 9.17) is 11.6 Å². The molecule has 0 bridgehead atoms. The van der Waals surface area contributed by atoms with E-state index >= 15 is 0 Å². The van der Waals surface area contributed by atoms with Gasteiger partial charge < -0.3 is 19.6 Å². The van der Waals surface area contributed by atoms with Gasteiger partial charge in [-0.25, -0.2) is 0 Å². The topological polar surface area (TPSA) is 47.1 Å². The summed E-state index contributed by atoms with van der Waals surface area (Å²) >= 11 is 5.76. The highest BCUT2D eigenvalue weighted by molar-refractivity contribution is 6.64. The molecule has 3 rings (SSSR count).